The summed E-state index contributed by atoms with van der Waals surface area (Å²) in [5.41, 5.74) is 9.46. The number of rotatable bonds is 2. The number of hydrogen-bond donors (Lipinski definition) is 0. The summed E-state index contributed by atoms with van der Waals surface area (Å²) in [4.78, 5) is 19.6. The van der Waals surface area contributed by atoms with E-state index in [-0.39, 0.29) is 5.41 Å². The Kier molecular flexibility index (Phi) is 4.61. The summed E-state index contributed by atoms with van der Waals surface area (Å²) in [6.45, 7) is 4.59. The van der Waals surface area contributed by atoms with Crippen LogP contribution in [0, 0.1) is 0 Å². The van der Waals surface area contributed by atoms with E-state index < -0.39 is 0 Å². The smallest absolute Gasteiger partial charge is 0.184 e. The standard InChI is InChI=1S/C37H25N5/c1-37(2)29-13-7-5-11-25(29)26-16-15-24(20-30(26)37)34-40-35-33(38-17-18-39-35)36(41-34)42-31-14-8-6-12-27(31)28-19-22-9-3-4-10-23(22)21-32(28)42/h3-21H,1-2H3. The Morgan fingerprint density at radius 2 is 1.33 bits per heavy atom. The average molecular weight is 540 g/mol. The molecule has 198 valence electrons. The maximum absolute atomic E-state index is 5.27. The van der Waals surface area contributed by atoms with Gasteiger partial charge in [-0.25, -0.2) is 19.9 Å². The normalized spacial score (nSPS) is 13.7. The summed E-state index contributed by atoms with van der Waals surface area (Å²) in [5, 5.41) is 4.74. The minimum absolute atomic E-state index is 0.116. The van der Waals surface area contributed by atoms with Crippen molar-refractivity contribution in [3.63, 3.8) is 0 Å². The summed E-state index contributed by atoms with van der Waals surface area (Å²) >= 11 is 0. The lowest BCUT2D eigenvalue weighted by molar-refractivity contribution is 0.660. The number of hydrogen-bond acceptors (Lipinski definition) is 4. The van der Waals surface area contributed by atoms with Crippen LogP contribution in [0.15, 0.2) is 116 Å². The maximum atomic E-state index is 5.27. The number of nitrogens with zero attached hydrogens (tertiary/aromatic N) is 5. The average Bonchev–Trinajstić information content (AvgIpc) is 3.47. The van der Waals surface area contributed by atoms with Gasteiger partial charge in [-0.1, -0.05) is 92.7 Å². The molecule has 1 aliphatic rings. The van der Waals surface area contributed by atoms with Gasteiger partial charge in [0, 0.05) is 34.1 Å². The Morgan fingerprint density at radius 1 is 0.595 bits per heavy atom. The van der Waals surface area contributed by atoms with Gasteiger partial charge in [0.15, 0.2) is 22.8 Å². The lowest BCUT2D eigenvalue weighted by Crippen LogP contribution is -2.15. The molecule has 0 N–H and O–H groups in total. The van der Waals surface area contributed by atoms with Crippen molar-refractivity contribution in [1.82, 2.24) is 24.5 Å². The quantitative estimate of drug-likeness (QED) is 0.221. The molecule has 0 radical (unpaired) electrons. The van der Waals surface area contributed by atoms with E-state index in [4.69, 9.17) is 15.0 Å². The van der Waals surface area contributed by atoms with E-state index in [0.29, 0.717) is 17.0 Å². The van der Waals surface area contributed by atoms with Gasteiger partial charge in [-0.2, -0.15) is 0 Å². The molecule has 0 fully saturated rings. The molecule has 0 aliphatic heterocycles. The predicted molar refractivity (Wildman–Crippen MR) is 170 cm³/mol. The van der Waals surface area contributed by atoms with Crippen LogP contribution in [0.25, 0.3) is 72.1 Å². The van der Waals surface area contributed by atoms with Crippen LogP contribution < -0.4 is 0 Å². The van der Waals surface area contributed by atoms with Crippen LogP contribution in [0.3, 0.4) is 0 Å². The van der Waals surface area contributed by atoms with E-state index >= 15 is 0 Å². The summed E-state index contributed by atoms with van der Waals surface area (Å²) < 4.78 is 2.23. The molecule has 0 atom stereocenters. The third-order valence-corrected chi connectivity index (χ3v) is 8.91. The summed E-state index contributed by atoms with van der Waals surface area (Å²) in [6, 6.07) is 36.8. The minimum atomic E-state index is -0.116. The molecular formula is C37H25N5. The largest absolute Gasteiger partial charge is 0.292 e. The van der Waals surface area contributed by atoms with Crippen molar-refractivity contribution in [2.45, 2.75) is 19.3 Å². The first-order valence-electron chi connectivity index (χ1n) is 14.2. The van der Waals surface area contributed by atoms with Crippen molar-refractivity contribution in [2.24, 2.45) is 0 Å². The minimum Gasteiger partial charge on any atom is -0.292 e. The topological polar surface area (TPSA) is 56.5 Å². The van der Waals surface area contributed by atoms with Crippen LogP contribution in [0.1, 0.15) is 25.0 Å². The van der Waals surface area contributed by atoms with Crippen molar-refractivity contribution in [1.29, 1.82) is 0 Å². The Balaban J connectivity index is 1.34. The molecule has 0 unspecified atom stereocenters. The van der Waals surface area contributed by atoms with Crippen LogP contribution in [0.2, 0.25) is 0 Å². The zero-order chi connectivity index (χ0) is 28.0. The summed E-state index contributed by atoms with van der Waals surface area (Å²) in [6.07, 6.45) is 3.41. The molecule has 3 aromatic heterocycles. The fourth-order valence-corrected chi connectivity index (χ4v) is 6.86. The van der Waals surface area contributed by atoms with Crippen molar-refractivity contribution in [3.8, 4) is 28.3 Å². The molecule has 0 bridgehead atoms. The van der Waals surface area contributed by atoms with Crippen LogP contribution in [-0.2, 0) is 5.41 Å². The number of fused-ring (bicyclic) bond motifs is 8. The Bertz CT molecular complexity index is 2400. The first-order valence-corrected chi connectivity index (χ1v) is 14.2. The van der Waals surface area contributed by atoms with E-state index in [1.54, 1.807) is 12.4 Å². The second-order valence-electron chi connectivity index (χ2n) is 11.6. The van der Waals surface area contributed by atoms with Gasteiger partial charge in [-0.15, -0.1) is 0 Å². The molecule has 0 spiro atoms. The second kappa shape index (κ2) is 8.30. The predicted octanol–water partition coefficient (Wildman–Crippen LogP) is 8.64. The van der Waals surface area contributed by atoms with E-state index in [1.807, 2.05) is 0 Å². The lowest BCUT2D eigenvalue weighted by Gasteiger charge is -2.21. The van der Waals surface area contributed by atoms with Gasteiger partial charge in [0.05, 0.1) is 11.0 Å². The maximum Gasteiger partial charge on any atom is 0.184 e. The fraction of sp³-hybridized carbons (Fsp3) is 0.0811. The molecule has 0 saturated carbocycles. The summed E-state index contributed by atoms with van der Waals surface area (Å²) in [5.74, 6) is 1.37. The molecule has 8 aromatic rings. The van der Waals surface area contributed by atoms with Crippen molar-refractivity contribution in [3.05, 3.63) is 127 Å². The fourth-order valence-electron chi connectivity index (χ4n) is 6.86. The molecule has 42 heavy (non-hydrogen) atoms. The molecular weight excluding hydrogens is 514 g/mol. The highest BCUT2D eigenvalue weighted by Crippen LogP contribution is 2.49. The van der Waals surface area contributed by atoms with E-state index in [9.17, 15) is 0 Å². The Hall–Kier alpha value is -5.42. The zero-order valence-corrected chi connectivity index (χ0v) is 23.2. The highest BCUT2D eigenvalue weighted by Gasteiger charge is 2.35. The van der Waals surface area contributed by atoms with Crippen LogP contribution in [0.4, 0.5) is 0 Å². The van der Waals surface area contributed by atoms with Gasteiger partial charge in [-0.05, 0) is 57.3 Å². The van der Waals surface area contributed by atoms with Gasteiger partial charge >= 0.3 is 0 Å². The number of aromatic nitrogens is 5. The molecule has 5 aromatic carbocycles. The molecule has 5 heteroatoms. The highest BCUT2D eigenvalue weighted by molar-refractivity contribution is 6.14. The number of benzene rings is 5. The molecule has 5 nitrogen and oxygen atoms in total. The summed E-state index contributed by atoms with van der Waals surface area (Å²) in [7, 11) is 0. The second-order valence-corrected chi connectivity index (χ2v) is 11.6. The monoisotopic (exact) mass is 539 g/mol. The molecule has 0 saturated heterocycles. The highest BCUT2D eigenvalue weighted by atomic mass is 15.1. The van der Waals surface area contributed by atoms with Gasteiger partial charge in [0.2, 0.25) is 0 Å². The lowest BCUT2D eigenvalue weighted by atomic mass is 9.82. The third kappa shape index (κ3) is 3.13. The van der Waals surface area contributed by atoms with Crippen molar-refractivity contribution < 1.29 is 0 Å². The van der Waals surface area contributed by atoms with Crippen molar-refractivity contribution >= 4 is 43.7 Å². The van der Waals surface area contributed by atoms with Gasteiger partial charge in [-0.3, -0.25) is 4.57 Å². The number of para-hydroxylation sites is 1. The Morgan fingerprint density at radius 3 is 2.24 bits per heavy atom. The third-order valence-electron chi connectivity index (χ3n) is 8.91. The van der Waals surface area contributed by atoms with Gasteiger partial charge < -0.3 is 0 Å². The first kappa shape index (κ1) is 23.3. The van der Waals surface area contributed by atoms with Gasteiger partial charge in [0.1, 0.15) is 0 Å². The van der Waals surface area contributed by atoms with Crippen LogP contribution in [0.5, 0.6) is 0 Å². The van der Waals surface area contributed by atoms with E-state index in [1.165, 1.54) is 43.8 Å². The van der Waals surface area contributed by atoms with E-state index in [0.717, 1.165) is 22.4 Å². The van der Waals surface area contributed by atoms with Crippen molar-refractivity contribution in [2.75, 3.05) is 0 Å². The Labute approximate surface area is 242 Å². The van der Waals surface area contributed by atoms with E-state index in [2.05, 4.69) is 127 Å². The van der Waals surface area contributed by atoms with Crippen LogP contribution in [-0.4, -0.2) is 24.5 Å². The molecule has 0 amide bonds. The zero-order valence-electron chi connectivity index (χ0n) is 23.2. The van der Waals surface area contributed by atoms with Crippen LogP contribution >= 0.6 is 0 Å². The molecule has 9 rings (SSSR count). The first-order chi connectivity index (χ1) is 20.6. The molecule has 1 aliphatic carbocycles. The SMILES string of the molecule is CC1(C)c2ccccc2-c2ccc(-c3nc(-n4c5ccccc5c5cc6ccccc6cc54)c4nccnc4n3)cc21. The van der Waals surface area contributed by atoms with Gasteiger partial charge in [0.25, 0.3) is 0 Å². The molecule has 3 heterocycles.